The molecule has 28 heavy (non-hydrogen) atoms. The molecule has 8 heteroatoms. The molecule has 0 amide bonds. The largest absolute Gasteiger partial charge is 0.396 e. The minimum atomic E-state index is -2.12. The number of aliphatic hydroxyl groups excluding tert-OH is 1. The van der Waals surface area contributed by atoms with Gasteiger partial charge in [-0.05, 0) is 56.7 Å². The summed E-state index contributed by atoms with van der Waals surface area (Å²) in [4.78, 5) is 11.8. The number of benzene rings is 1. The van der Waals surface area contributed by atoms with E-state index in [0.29, 0.717) is 11.9 Å². The number of halogens is 1. The predicted octanol–water partition coefficient (Wildman–Crippen LogP) is 4.41. The summed E-state index contributed by atoms with van der Waals surface area (Å²) in [5.74, 6) is 1.99. The van der Waals surface area contributed by atoms with Gasteiger partial charge in [0.15, 0.2) is 0 Å². The molecule has 0 saturated carbocycles. The summed E-state index contributed by atoms with van der Waals surface area (Å²) in [6.07, 6.45) is 2.70. The second-order valence-corrected chi connectivity index (χ2v) is 12.7. The van der Waals surface area contributed by atoms with Gasteiger partial charge in [0, 0.05) is 41.8 Å². The van der Waals surface area contributed by atoms with Gasteiger partial charge in [0.05, 0.1) is 12.7 Å². The SMILES string of the molecule is CC(CCO)CCNc1nc(N2CCC(P(C)(C)=O)C2)c2cc(Br)ccc2n1. The molecule has 1 fully saturated rings. The fraction of sp³-hybridized carbons (Fsp3) is 0.600. The molecule has 2 atom stereocenters. The number of hydrogen-bond acceptors (Lipinski definition) is 6. The summed E-state index contributed by atoms with van der Waals surface area (Å²) in [6.45, 7) is 8.54. The number of nitrogens with one attached hydrogen (secondary N) is 1. The van der Waals surface area contributed by atoms with E-state index in [9.17, 15) is 4.57 Å². The van der Waals surface area contributed by atoms with Crippen molar-refractivity contribution in [1.29, 1.82) is 0 Å². The lowest BCUT2D eigenvalue weighted by atomic mass is 10.1. The van der Waals surface area contributed by atoms with Crippen LogP contribution in [-0.4, -0.2) is 60.3 Å². The summed E-state index contributed by atoms with van der Waals surface area (Å²) in [5, 5.41) is 13.4. The number of aliphatic hydroxyl groups is 1. The molecule has 0 radical (unpaired) electrons. The molecule has 1 aliphatic rings. The van der Waals surface area contributed by atoms with Crippen LogP contribution in [0.15, 0.2) is 22.7 Å². The van der Waals surface area contributed by atoms with Gasteiger partial charge in [-0.25, -0.2) is 4.98 Å². The van der Waals surface area contributed by atoms with Gasteiger partial charge in [0.1, 0.15) is 5.82 Å². The van der Waals surface area contributed by atoms with Crippen LogP contribution in [0.4, 0.5) is 11.8 Å². The normalized spacial score (nSPS) is 18.6. The van der Waals surface area contributed by atoms with Gasteiger partial charge in [-0.3, -0.25) is 0 Å². The summed E-state index contributed by atoms with van der Waals surface area (Å²) >= 11 is 3.56. The zero-order chi connectivity index (χ0) is 20.3. The van der Waals surface area contributed by atoms with E-state index in [1.54, 1.807) is 0 Å². The lowest BCUT2D eigenvalue weighted by Crippen LogP contribution is -2.23. The van der Waals surface area contributed by atoms with Crippen LogP contribution in [0.1, 0.15) is 26.2 Å². The van der Waals surface area contributed by atoms with Gasteiger partial charge in [0.2, 0.25) is 5.95 Å². The van der Waals surface area contributed by atoms with Gasteiger partial charge < -0.3 is 19.9 Å². The first kappa shape index (κ1) is 21.5. The fourth-order valence-corrected chi connectivity index (χ4v) is 5.33. The molecule has 2 unspecified atom stereocenters. The molecule has 3 rings (SSSR count). The van der Waals surface area contributed by atoms with E-state index in [2.05, 4.69) is 44.1 Å². The van der Waals surface area contributed by atoms with Crippen molar-refractivity contribution >= 4 is 45.7 Å². The molecule has 2 N–H and O–H groups in total. The third-order valence-electron chi connectivity index (χ3n) is 5.52. The van der Waals surface area contributed by atoms with Gasteiger partial charge >= 0.3 is 0 Å². The monoisotopic (exact) mass is 468 g/mol. The zero-order valence-electron chi connectivity index (χ0n) is 16.9. The topological polar surface area (TPSA) is 78.4 Å². The highest BCUT2D eigenvalue weighted by atomic mass is 79.9. The van der Waals surface area contributed by atoms with Crippen LogP contribution in [-0.2, 0) is 4.57 Å². The minimum absolute atomic E-state index is 0.223. The Hall–Kier alpha value is -1.17. The molecule has 154 valence electrons. The first-order valence-electron chi connectivity index (χ1n) is 9.89. The van der Waals surface area contributed by atoms with Crippen molar-refractivity contribution in [3.63, 3.8) is 0 Å². The Bertz CT molecular complexity index is 873. The van der Waals surface area contributed by atoms with Crippen LogP contribution in [0.5, 0.6) is 0 Å². The molecule has 2 aromatic rings. The highest BCUT2D eigenvalue weighted by Gasteiger charge is 2.32. The summed E-state index contributed by atoms with van der Waals surface area (Å²) in [7, 11) is -2.12. The van der Waals surface area contributed by atoms with Crippen molar-refractivity contribution in [1.82, 2.24) is 9.97 Å². The second kappa shape index (κ2) is 9.10. The molecule has 6 nitrogen and oxygen atoms in total. The molecule has 0 bridgehead atoms. The van der Waals surface area contributed by atoms with Gasteiger partial charge in [0.25, 0.3) is 0 Å². The van der Waals surface area contributed by atoms with Crippen LogP contribution in [0, 0.1) is 5.92 Å². The minimum Gasteiger partial charge on any atom is -0.396 e. The smallest absolute Gasteiger partial charge is 0.225 e. The number of nitrogens with zero attached hydrogens (tertiary/aromatic N) is 3. The molecular weight excluding hydrogens is 439 g/mol. The third-order valence-corrected chi connectivity index (χ3v) is 8.20. The maximum absolute atomic E-state index is 12.5. The van der Waals surface area contributed by atoms with E-state index in [4.69, 9.17) is 10.1 Å². The first-order valence-corrected chi connectivity index (χ1v) is 13.4. The average Bonchev–Trinajstić information content (AvgIpc) is 3.12. The number of fused-ring (bicyclic) bond motifs is 1. The Kier molecular flexibility index (Phi) is 7.00. The summed E-state index contributed by atoms with van der Waals surface area (Å²) in [5.41, 5.74) is 1.12. The van der Waals surface area contributed by atoms with E-state index in [1.165, 1.54) is 0 Å². The third kappa shape index (κ3) is 5.25. The highest BCUT2D eigenvalue weighted by molar-refractivity contribution is 9.10. The van der Waals surface area contributed by atoms with Crippen molar-refractivity contribution in [2.75, 3.05) is 49.8 Å². The van der Waals surface area contributed by atoms with Gasteiger partial charge in [-0.1, -0.05) is 22.9 Å². The molecule has 1 aromatic heterocycles. The molecule has 0 spiro atoms. The van der Waals surface area contributed by atoms with Crippen LogP contribution in [0.2, 0.25) is 0 Å². The molecule has 2 heterocycles. The Morgan fingerprint density at radius 2 is 2.14 bits per heavy atom. The van der Waals surface area contributed by atoms with Crippen molar-refractivity contribution in [2.24, 2.45) is 5.92 Å². The molecular formula is C20H30BrN4O2P. The lowest BCUT2D eigenvalue weighted by molar-refractivity contribution is 0.260. The molecule has 0 aliphatic carbocycles. The van der Waals surface area contributed by atoms with E-state index < -0.39 is 7.14 Å². The van der Waals surface area contributed by atoms with E-state index in [0.717, 1.165) is 60.1 Å². The quantitative estimate of drug-likeness (QED) is 0.558. The maximum atomic E-state index is 12.5. The Labute approximate surface area is 175 Å². The predicted molar refractivity (Wildman–Crippen MR) is 121 cm³/mol. The first-order chi connectivity index (χ1) is 13.3. The van der Waals surface area contributed by atoms with E-state index >= 15 is 0 Å². The van der Waals surface area contributed by atoms with Crippen LogP contribution in [0.3, 0.4) is 0 Å². The van der Waals surface area contributed by atoms with E-state index in [1.807, 2.05) is 25.5 Å². The summed E-state index contributed by atoms with van der Waals surface area (Å²) < 4.78 is 13.5. The van der Waals surface area contributed by atoms with Crippen molar-refractivity contribution in [3.05, 3.63) is 22.7 Å². The molecule has 1 aromatic carbocycles. The van der Waals surface area contributed by atoms with Crippen molar-refractivity contribution < 1.29 is 9.67 Å². The number of aromatic nitrogens is 2. The van der Waals surface area contributed by atoms with Crippen LogP contribution >= 0.6 is 23.1 Å². The standard InChI is InChI=1S/C20H30BrN4O2P/c1-14(8-11-26)6-9-22-20-23-18-5-4-15(21)12-17(18)19(24-20)25-10-7-16(13-25)28(2,3)27/h4-5,12,14,16,26H,6-11,13H2,1-3H3,(H,22,23,24). The zero-order valence-corrected chi connectivity index (χ0v) is 19.3. The van der Waals surface area contributed by atoms with Crippen molar-refractivity contribution in [2.45, 2.75) is 31.8 Å². The number of hydrogen-bond donors (Lipinski definition) is 2. The Balaban J connectivity index is 1.85. The Morgan fingerprint density at radius 1 is 1.36 bits per heavy atom. The molecule has 1 saturated heterocycles. The average molecular weight is 469 g/mol. The number of rotatable bonds is 8. The highest BCUT2D eigenvalue weighted by Crippen LogP contribution is 2.47. The van der Waals surface area contributed by atoms with Gasteiger partial charge in [-0.2, -0.15) is 4.98 Å². The van der Waals surface area contributed by atoms with Crippen molar-refractivity contribution in [3.8, 4) is 0 Å². The Morgan fingerprint density at radius 3 is 2.82 bits per heavy atom. The summed E-state index contributed by atoms with van der Waals surface area (Å²) in [6, 6.07) is 6.05. The van der Waals surface area contributed by atoms with Crippen LogP contribution < -0.4 is 10.2 Å². The van der Waals surface area contributed by atoms with Crippen LogP contribution in [0.25, 0.3) is 10.9 Å². The molecule has 1 aliphatic heterocycles. The fourth-order valence-electron chi connectivity index (χ4n) is 3.64. The van der Waals surface area contributed by atoms with E-state index in [-0.39, 0.29) is 12.3 Å². The maximum Gasteiger partial charge on any atom is 0.225 e. The second-order valence-electron chi connectivity index (χ2n) is 8.19. The lowest BCUT2D eigenvalue weighted by Gasteiger charge is -2.22. The van der Waals surface area contributed by atoms with Gasteiger partial charge in [-0.15, -0.1) is 0 Å². The number of anilines is 2.